The highest BCUT2D eigenvalue weighted by Gasteiger charge is 2.17. The molecule has 2 nitrogen and oxygen atoms in total. The lowest BCUT2D eigenvalue weighted by Crippen LogP contribution is -2.06. The van der Waals surface area contributed by atoms with Gasteiger partial charge in [-0.25, -0.2) is 4.98 Å². The van der Waals surface area contributed by atoms with Crippen molar-refractivity contribution >= 4 is 22.6 Å². The second-order valence-corrected chi connectivity index (χ2v) is 5.59. The van der Waals surface area contributed by atoms with Crippen molar-refractivity contribution in [3.63, 3.8) is 0 Å². The van der Waals surface area contributed by atoms with Crippen LogP contribution in [0.5, 0.6) is 0 Å². The Balaban J connectivity index is 2.96. The quantitative estimate of drug-likeness (QED) is 0.551. The Kier molecular flexibility index (Phi) is 2.03. The normalized spacial score (nSPS) is 12.0. The molecule has 0 spiro atoms. The zero-order valence-corrected chi connectivity index (χ0v) is 8.58. The number of nitrogens with zero attached hydrogens (tertiary/aromatic N) is 2. The summed E-state index contributed by atoms with van der Waals surface area (Å²) in [7, 11) is 1.98. The van der Waals surface area contributed by atoms with Gasteiger partial charge in [0.05, 0.1) is 15.4 Å². The molecular formula is C7H11IN2. The number of imidazole rings is 1. The molecule has 0 aliphatic rings. The highest BCUT2D eigenvalue weighted by atomic mass is 127. The van der Waals surface area contributed by atoms with E-state index >= 15 is 0 Å². The monoisotopic (exact) mass is 250 g/mol. The van der Waals surface area contributed by atoms with Crippen LogP contribution in [0.2, 0.25) is 0 Å². The van der Waals surface area contributed by atoms with Gasteiger partial charge >= 0.3 is 0 Å². The molecule has 3 heteroatoms. The van der Waals surface area contributed by atoms with Gasteiger partial charge in [-0.15, -0.1) is 0 Å². The predicted molar refractivity (Wildman–Crippen MR) is 50.3 cm³/mol. The van der Waals surface area contributed by atoms with E-state index < -0.39 is 0 Å². The van der Waals surface area contributed by atoms with E-state index in [-0.39, 0.29) is 3.42 Å². The van der Waals surface area contributed by atoms with Crippen molar-refractivity contribution in [1.82, 2.24) is 9.55 Å². The largest absolute Gasteiger partial charge is 0.340 e. The highest BCUT2D eigenvalue weighted by molar-refractivity contribution is 14.1. The van der Waals surface area contributed by atoms with E-state index in [1.165, 1.54) is 0 Å². The van der Waals surface area contributed by atoms with E-state index in [0.29, 0.717) is 0 Å². The van der Waals surface area contributed by atoms with Crippen LogP contribution in [-0.2, 0) is 10.5 Å². The number of rotatable bonds is 1. The van der Waals surface area contributed by atoms with Crippen LogP contribution in [0.4, 0.5) is 0 Å². The number of halogens is 1. The first-order valence-corrected chi connectivity index (χ1v) is 4.25. The maximum atomic E-state index is 4.24. The lowest BCUT2D eigenvalue weighted by Gasteiger charge is -2.11. The molecule has 0 saturated carbocycles. The summed E-state index contributed by atoms with van der Waals surface area (Å²) in [6.45, 7) is 4.30. The smallest absolute Gasteiger partial charge is 0.0947 e. The predicted octanol–water partition coefficient (Wildman–Crippen LogP) is 2.09. The molecule has 1 aromatic heterocycles. The number of alkyl halides is 1. The van der Waals surface area contributed by atoms with E-state index in [4.69, 9.17) is 0 Å². The Morgan fingerprint density at radius 1 is 1.60 bits per heavy atom. The van der Waals surface area contributed by atoms with Crippen molar-refractivity contribution in [3.05, 3.63) is 18.2 Å². The van der Waals surface area contributed by atoms with Gasteiger partial charge in [-0.05, 0) is 13.8 Å². The van der Waals surface area contributed by atoms with Gasteiger partial charge in [-0.1, -0.05) is 22.6 Å². The van der Waals surface area contributed by atoms with Crippen LogP contribution >= 0.6 is 22.6 Å². The molecule has 0 atom stereocenters. The average molecular weight is 250 g/mol. The second-order valence-electron chi connectivity index (χ2n) is 2.90. The zero-order chi connectivity index (χ0) is 7.78. The first-order chi connectivity index (χ1) is 4.50. The van der Waals surface area contributed by atoms with Crippen LogP contribution in [0.3, 0.4) is 0 Å². The van der Waals surface area contributed by atoms with Crippen molar-refractivity contribution < 1.29 is 0 Å². The molecule has 0 aromatic carbocycles. The van der Waals surface area contributed by atoms with Crippen LogP contribution in [0.25, 0.3) is 0 Å². The van der Waals surface area contributed by atoms with Crippen molar-refractivity contribution in [3.8, 4) is 0 Å². The van der Waals surface area contributed by atoms with E-state index in [2.05, 4.69) is 41.4 Å². The van der Waals surface area contributed by atoms with Crippen LogP contribution in [-0.4, -0.2) is 9.55 Å². The van der Waals surface area contributed by atoms with E-state index in [0.717, 1.165) is 5.69 Å². The third-order valence-corrected chi connectivity index (χ3v) is 1.87. The maximum absolute atomic E-state index is 4.24. The summed E-state index contributed by atoms with van der Waals surface area (Å²) in [6, 6.07) is 0. The number of hydrogen-bond acceptors (Lipinski definition) is 1. The van der Waals surface area contributed by atoms with Gasteiger partial charge in [0.2, 0.25) is 0 Å². The van der Waals surface area contributed by atoms with Gasteiger partial charge in [-0.2, -0.15) is 0 Å². The summed E-state index contributed by atoms with van der Waals surface area (Å²) in [4.78, 5) is 4.24. The fourth-order valence-electron chi connectivity index (χ4n) is 0.720. The Morgan fingerprint density at radius 2 is 2.20 bits per heavy atom. The molecular weight excluding hydrogens is 239 g/mol. The molecule has 0 aliphatic carbocycles. The minimum Gasteiger partial charge on any atom is -0.340 e. The van der Waals surface area contributed by atoms with Crippen LogP contribution < -0.4 is 0 Å². The molecule has 1 rings (SSSR count). The summed E-state index contributed by atoms with van der Waals surface area (Å²) in [5, 5.41) is 0. The molecule has 0 bridgehead atoms. The fraction of sp³-hybridized carbons (Fsp3) is 0.571. The molecule has 0 amide bonds. The van der Waals surface area contributed by atoms with Gasteiger partial charge in [0.1, 0.15) is 0 Å². The van der Waals surface area contributed by atoms with Crippen LogP contribution in [0.15, 0.2) is 12.5 Å². The zero-order valence-electron chi connectivity index (χ0n) is 6.43. The molecule has 0 radical (unpaired) electrons. The number of aryl methyl sites for hydroxylation is 1. The number of hydrogen-bond donors (Lipinski definition) is 0. The van der Waals surface area contributed by atoms with E-state index in [9.17, 15) is 0 Å². The third kappa shape index (κ3) is 1.71. The van der Waals surface area contributed by atoms with Gasteiger partial charge in [0.15, 0.2) is 0 Å². The fourth-order valence-corrected chi connectivity index (χ4v) is 0.998. The first kappa shape index (κ1) is 8.04. The first-order valence-electron chi connectivity index (χ1n) is 3.17. The Bertz CT molecular complexity index is 222. The SMILES string of the molecule is Cn1cnc(C(C)(C)I)c1. The Morgan fingerprint density at radius 3 is 2.40 bits per heavy atom. The lowest BCUT2D eigenvalue weighted by atomic mass is 10.2. The molecule has 10 heavy (non-hydrogen) atoms. The summed E-state index contributed by atoms with van der Waals surface area (Å²) >= 11 is 2.38. The van der Waals surface area contributed by atoms with Gasteiger partial charge < -0.3 is 4.57 Å². The van der Waals surface area contributed by atoms with Crippen LogP contribution in [0.1, 0.15) is 19.5 Å². The number of aromatic nitrogens is 2. The molecule has 0 saturated heterocycles. The standard InChI is InChI=1S/C7H11IN2/c1-7(2,8)6-4-10(3)5-9-6/h4-5H,1-3H3. The summed E-state index contributed by atoms with van der Waals surface area (Å²) in [5.41, 5.74) is 1.13. The molecule has 56 valence electrons. The lowest BCUT2D eigenvalue weighted by molar-refractivity contribution is 0.792. The summed E-state index contributed by atoms with van der Waals surface area (Å²) in [5.74, 6) is 0. The Hall–Kier alpha value is -0.0600. The topological polar surface area (TPSA) is 17.8 Å². The van der Waals surface area contributed by atoms with Crippen molar-refractivity contribution in [2.45, 2.75) is 17.3 Å². The van der Waals surface area contributed by atoms with Gasteiger partial charge in [0.25, 0.3) is 0 Å². The minimum atomic E-state index is 0.152. The molecule has 1 heterocycles. The molecule has 0 N–H and O–H groups in total. The Labute approximate surface area is 74.8 Å². The second kappa shape index (κ2) is 2.53. The van der Waals surface area contributed by atoms with Crippen LogP contribution in [0, 0.1) is 0 Å². The summed E-state index contributed by atoms with van der Waals surface area (Å²) in [6.07, 6.45) is 3.88. The highest BCUT2D eigenvalue weighted by Crippen LogP contribution is 2.28. The average Bonchev–Trinajstić information content (AvgIpc) is 2.11. The minimum absolute atomic E-state index is 0.152. The summed E-state index contributed by atoms with van der Waals surface area (Å²) < 4.78 is 2.12. The van der Waals surface area contributed by atoms with E-state index in [1.54, 1.807) is 0 Å². The van der Waals surface area contributed by atoms with Crippen molar-refractivity contribution in [1.29, 1.82) is 0 Å². The van der Waals surface area contributed by atoms with E-state index in [1.807, 2.05) is 24.1 Å². The molecule has 1 aromatic rings. The third-order valence-electron chi connectivity index (χ3n) is 1.31. The molecule has 0 aliphatic heterocycles. The van der Waals surface area contributed by atoms with Gasteiger partial charge in [0, 0.05) is 13.2 Å². The molecule has 0 unspecified atom stereocenters. The van der Waals surface area contributed by atoms with Crippen molar-refractivity contribution in [2.24, 2.45) is 7.05 Å². The van der Waals surface area contributed by atoms with Gasteiger partial charge in [-0.3, -0.25) is 0 Å². The van der Waals surface area contributed by atoms with Crippen molar-refractivity contribution in [2.75, 3.05) is 0 Å². The molecule has 0 fully saturated rings. The maximum Gasteiger partial charge on any atom is 0.0947 e.